The van der Waals surface area contributed by atoms with E-state index < -0.39 is 0 Å². The highest BCUT2D eigenvalue weighted by Crippen LogP contribution is 2.36. The summed E-state index contributed by atoms with van der Waals surface area (Å²) in [5, 5.41) is 4.35. The molecular weight excluding hydrogens is 290 g/mol. The van der Waals surface area contributed by atoms with E-state index in [1.807, 2.05) is 48.5 Å². The van der Waals surface area contributed by atoms with Crippen molar-refractivity contribution in [1.29, 1.82) is 0 Å². The molecule has 2 aromatic carbocycles. The second-order valence-corrected chi connectivity index (χ2v) is 5.99. The molecule has 2 aliphatic rings. The van der Waals surface area contributed by atoms with Crippen LogP contribution in [0.2, 0.25) is 0 Å². The van der Waals surface area contributed by atoms with Gasteiger partial charge >= 0.3 is 6.03 Å². The molecule has 4 rings (SSSR count). The molecule has 1 N–H and O–H groups in total. The fraction of sp³-hybridized carbons (Fsp3) is 0.278. The van der Waals surface area contributed by atoms with Crippen molar-refractivity contribution in [3.63, 3.8) is 0 Å². The van der Waals surface area contributed by atoms with Crippen LogP contribution in [0, 0.1) is 5.92 Å². The summed E-state index contributed by atoms with van der Waals surface area (Å²) in [5.74, 6) is 0.495. The Morgan fingerprint density at radius 3 is 2.39 bits per heavy atom. The van der Waals surface area contributed by atoms with E-state index in [-0.39, 0.29) is 12.3 Å². The summed E-state index contributed by atoms with van der Waals surface area (Å²) in [6, 6.07) is 19.9. The molecular formula is C18H19N3O2. The van der Waals surface area contributed by atoms with Crippen molar-refractivity contribution in [3.05, 3.63) is 66.2 Å². The molecule has 5 nitrogen and oxygen atoms in total. The number of carbonyl (C=O) groups excluding carboxylic acids is 1. The van der Waals surface area contributed by atoms with Gasteiger partial charge in [-0.05, 0) is 12.1 Å². The lowest BCUT2D eigenvalue weighted by Crippen LogP contribution is -2.51. The predicted octanol–water partition coefficient (Wildman–Crippen LogP) is 2.78. The Kier molecular flexibility index (Phi) is 3.63. The van der Waals surface area contributed by atoms with Gasteiger partial charge in [0.15, 0.2) is 0 Å². The molecule has 23 heavy (non-hydrogen) atoms. The van der Waals surface area contributed by atoms with Gasteiger partial charge in [-0.3, -0.25) is 0 Å². The predicted molar refractivity (Wildman–Crippen MR) is 87.7 cm³/mol. The third kappa shape index (κ3) is 3.00. The number of anilines is 1. The molecule has 2 aliphatic heterocycles. The van der Waals surface area contributed by atoms with Gasteiger partial charge in [0.2, 0.25) is 6.23 Å². The SMILES string of the molecule is O=C(NCC1CN(c2ccccc2)C1)N1OC1c1ccccc1. The van der Waals surface area contributed by atoms with Crippen LogP contribution in [0.5, 0.6) is 0 Å². The summed E-state index contributed by atoms with van der Waals surface area (Å²) >= 11 is 0. The molecule has 118 valence electrons. The molecule has 2 amide bonds. The van der Waals surface area contributed by atoms with Crippen molar-refractivity contribution in [2.75, 3.05) is 24.5 Å². The number of hydrogen-bond acceptors (Lipinski definition) is 3. The van der Waals surface area contributed by atoms with Crippen molar-refractivity contribution in [1.82, 2.24) is 10.4 Å². The molecule has 1 atom stereocenters. The van der Waals surface area contributed by atoms with Gasteiger partial charge in [0.05, 0.1) is 0 Å². The number of hydroxylamine groups is 2. The molecule has 5 heteroatoms. The first-order valence-corrected chi connectivity index (χ1v) is 7.90. The maximum atomic E-state index is 12.1. The number of urea groups is 1. The zero-order chi connectivity index (χ0) is 15.6. The number of amides is 2. The Hall–Kier alpha value is -2.53. The van der Waals surface area contributed by atoms with E-state index in [0.717, 1.165) is 18.7 Å². The Bertz CT molecular complexity index is 671. The third-order valence-electron chi connectivity index (χ3n) is 4.29. The van der Waals surface area contributed by atoms with Crippen LogP contribution in [0.1, 0.15) is 11.8 Å². The van der Waals surface area contributed by atoms with Crippen LogP contribution < -0.4 is 10.2 Å². The van der Waals surface area contributed by atoms with Crippen LogP contribution in [0.3, 0.4) is 0 Å². The molecule has 2 aromatic rings. The lowest BCUT2D eigenvalue weighted by molar-refractivity contribution is 0.174. The molecule has 0 spiro atoms. The van der Waals surface area contributed by atoms with Gasteiger partial charge in [0.1, 0.15) is 0 Å². The van der Waals surface area contributed by atoms with Gasteiger partial charge in [-0.25, -0.2) is 9.63 Å². The second-order valence-electron chi connectivity index (χ2n) is 5.99. The summed E-state index contributed by atoms with van der Waals surface area (Å²) in [4.78, 5) is 19.7. The quantitative estimate of drug-likeness (QED) is 0.884. The zero-order valence-corrected chi connectivity index (χ0v) is 12.8. The van der Waals surface area contributed by atoms with Crippen molar-refractivity contribution in [2.24, 2.45) is 5.92 Å². The molecule has 0 radical (unpaired) electrons. The highest BCUT2D eigenvalue weighted by Gasteiger charge is 2.43. The molecule has 1 unspecified atom stereocenters. The zero-order valence-electron chi connectivity index (χ0n) is 12.8. The van der Waals surface area contributed by atoms with E-state index in [0.29, 0.717) is 12.5 Å². The first-order valence-electron chi connectivity index (χ1n) is 7.90. The highest BCUT2D eigenvalue weighted by molar-refractivity contribution is 5.75. The van der Waals surface area contributed by atoms with Gasteiger partial charge in [-0.1, -0.05) is 48.5 Å². The number of nitrogens with zero attached hydrogens (tertiary/aromatic N) is 2. The number of carbonyl (C=O) groups is 1. The maximum Gasteiger partial charge on any atom is 0.344 e. The fourth-order valence-corrected chi connectivity index (χ4v) is 2.91. The Balaban J connectivity index is 1.21. The van der Waals surface area contributed by atoms with Gasteiger partial charge in [0, 0.05) is 36.8 Å². The Morgan fingerprint density at radius 2 is 1.70 bits per heavy atom. The first-order chi connectivity index (χ1) is 11.3. The van der Waals surface area contributed by atoms with Crippen LogP contribution in [-0.4, -0.2) is 30.7 Å². The smallest absolute Gasteiger partial charge is 0.344 e. The molecule has 0 aromatic heterocycles. The minimum Gasteiger partial charge on any atom is -0.371 e. The number of nitrogens with one attached hydrogen (secondary N) is 1. The van der Waals surface area contributed by atoms with Gasteiger partial charge in [0.25, 0.3) is 0 Å². The van der Waals surface area contributed by atoms with E-state index in [9.17, 15) is 4.79 Å². The third-order valence-corrected chi connectivity index (χ3v) is 4.29. The fourth-order valence-electron chi connectivity index (χ4n) is 2.91. The Morgan fingerprint density at radius 1 is 1.04 bits per heavy atom. The van der Waals surface area contributed by atoms with Crippen LogP contribution in [-0.2, 0) is 4.84 Å². The largest absolute Gasteiger partial charge is 0.371 e. The van der Waals surface area contributed by atoms with E-state index in [1.165, 1.54) is 10.8 Å². The summed E-state index contributed by atoms with van der Waals surface area (Å²) in [5.41, 5.74) is 2.25. The Labute approximate surface area is 135 Å². The summed E-state index contributed by atoms with van der Waals surface area (Å²) in [7, 11) is 0. The number of benzene rings is 2. The molecule has 0 bridgehead atoms. The summed E-state index contributed by atoms with van der Waals surface area (Å²) < 4.78 is 0. The normalized spacial score (nSPS) is 20.1. The lowest BCUT2D eigenvalue weighted by Gasteiger charge is -2.41. The van der Waals surface area contributed by atoms with Gasteiger partial charge in [-0.2, -0.15) is 5.06 Å². The number of hydrogen-bond donors (Lipinski definition) is 1. The van der Waals surface area contributed by atoms with Crippen LogP contribution in [0.25, 0.3) is 0 Å². The van der Waals surface area contributed by atoms with Crippen LogP contribution in [0.15, 0.2) is 60.7 Å². The van der Waals surface area contributed by atoms with Gasteiger partial charge < -0.3 is 10.2 Å². The summed E-state index contributed by atoms with van der Waals surface area (Å²) in [6.45, 7) is 2.64. The first kappa shape index (κ1) is 14.1. The van der Waals surface area contributed by atoms with Crippen molar-refractivity contribution < 1.29 is 9.63 Å². The maximum absolute atomic E-state index is 12.1. The van der Waals surface area contributed by atoms with Crippen molar-refractivity contribution >= 4 is 11.7 Å². The second kappa shape index (κ2) is 5.93. The topological polar surface area (TPSA) is 47.9 Å². The van der Waals surface area contributed by atoms with Crippen molar-refractivity contribution in [2.45, 2.75) is 6.23 Å². The standard InChI is InChI=1S/C18H19N3O2/c22-18(21-17(23-21)15-7-3-1-4-8-15)19-11-14-12-20(13-14)16-9-5-2-6-10-16/h1-10,14,17H,11-13H2,(H,19,22). The molecule has 0 aliphatic carbocycles. The monoisotopic (exact) mass is 309 g/mol. The van der Waals surface area contributed by atoms with Crippen LogP contribution >= 0.6 is 0 Å². The number of rotatable bonds is 4. The number of para-hydroxylation sites is 1. The van der Waals surface area contributed by atoms with E-state index in [4.69, 9.17) is 4.84 Å². The molecule has 2 fully saturated rings. The van der Waals surface area contributed by atoms with Gasteiger partial charge in [-0.15, -0.1) is 0 Å². The van der Waals surface area contributed by atoms with Crippen molar-refractivity contribution in [3.8, 4) is 0 Å². The average molecular weight is 309 g/mol. The summed E-state index contributed by atoms with van der Waals surface area (Å²) in [6.07, 6.45) is -0.238. The lowest BCUT2D eigenvalue weighted by atomic mass is 9.99. The molecule has 2 heterocycles. The molecule has 2 saturated heterocycles. The molecule has 0 saturated carbocycles. The van der Waals surface area contributed by atoms with E-state index >= 15 is 0 Å². The minimum atomic E-state index is -0.238. The highest BCUT2D eigenvalue weighted by atomic mass is 16.8. The van der Waals surface area contributed by atoms with Crippen LogP contribution in [0.4, 0.5) is 10.5 Å². The average Bonchev–Trinajstić information content (AvgIpc) is 3.36. The van der Waals surface area contributed by atoms with E-state index in [1.54, 1.807) is 0 Å². The van der Waals surface area contributed by atoms with E-state index in [2.05, 4.69) is 22.3 Å². The minimum absolute atomic E-state index is 0.156.